The van der Waals surface area contributed by atoms with Crippen molar-refractivity contribution >= 4 is 22.8 Å². The van der Waals surface area contributed by atoms with E-state index >= 15 is 0 Å². The molecule has 0 radical (unpaired) electrons. The average molecular weight is 316 g/mol. The Hall–Kier alpha value is -1.90. The summed E-state index contributed by atoms with van der Waals surface area (Å²) < 4.78 is 11.2. The van der Waals surface area contributed by atoms with Crippen molar-refractivity contribution in [2.45, 2.75) is 31.1 Å². The highest BCUT2D eigenvalue weighted by atomic mass is 32.2. The highest BCUT2D eigenvalue weighted by molar-refractivity contribution is 7.84. The van der Waals surface area contributed by atoms with E-state index in [0.717, 1.165) is 0 Å². The number of nitrogens with one attached hydrogen (secondary N) is 3. The summed E-state index contributed by atoms with van der Waals surface area (Å²) in [4.78, 5) is 29.3. The van der Waals surface area contributed by atoms with Crippen LogP contribution in [0.15, 0.2) is 12.5 Å². The quantitative estimate of drug-likeness (QED) is 0.531. The van der Waals surface area contributed by atoms with Crippen LogP contribution in [-0.2, 0) is 22.0 Å². The van der Waals surface area contributed by atoms with Crippen LogP contribution in [0.5, 0.6) is 0 Å². The van der Waals surface area contributed by atoms with E-state index in [2.05, 4.69) is 20.6 Å². The molecule has 1 aromatic heterocycles. The number of amides is 2. The third-order valence-electron chi connectivity index (χ3n) is 2.99. The lowest BCUT2D eigenvalue weighted by Crippen LogP contribution is -2.47. The predicted octanol–water partition coefficient (Wildman–Crippen LogP) is -0.138. The van der Waals surface area contributed by atoms with Crippen molar-refractivity contribution in [2.24, 2.45) is 0 Å². The maximum atomic E-state index is 11.7. The van der Waals surface area contributed by atoms with Crippen molar-refractivity contribution in [2.75, 3.05) is 12.8 Å². The Kier molecular flexibility index (Phi) is 6.86. The van der Waals surface area contributed by atoms with Crippen molar-refractivity contribution in [3.05, 3.63) is 18.2 Å². The van der Waals surface area contributed by atoms with Gasteiger partial charge in [-0.3, -0.25) is 4.21 Å². The predicted molar refractivity (Wildman–Crippen MR) is 78.4 cm³/mol. The molecule has 2 amide bonds. The number of carboxylic acids is 1. The minimum Gasteiger partial charge on any atom is -0.480 e. The summed E-state index contributed by atoms with van der Waals surface area (Å²) in [5.41, 5.74) is 0.623. The van der Waals surface area contributed by atoms with E-state index in [9.17, 15) is 13.8 Å². The number of urea groups is 1. The molecular formula is C12H20N4O4S. The maximum Gasteiger partial charge on any atom is 0.326 e. The molecule has 0 fully saturated rings. The molecule has 0 spiro atoms. The smallest absolute Gasteiger partial charge is 0.326 e. The fraction of sp³-hybridized carbons (Fsp3) is 0.583. The SMILES string of the molecule is CC(CCNC(=O)NC(Cc1cnc[nH]1)C(=O)O)S(C)=O. The van der Waals surface area contributed by atoms with E-state index in [1.54, 1.807) is 6.26 Å². The summed E-state index contributed by atoms with van der Waals surface area (Å²) in [5.74, 6) is -1.12. The summed E-state index contributed by atoms with van der Waals surface area (Å²) in [5, 5.41) is 14.0. The number of aromatic amines is 1. The summed E-state index contributed by atoms with van der Waals surface area (Å²) in [6.45, 7) is 2.16. The third kappa shape index (κ3) is 6.39. The van der Waals surface area contributed by atoms with Gasteiger partial charge in [0.1, 0.15) is 6.04 Å². The Bertz CT molecular complexity index is 491. The molecule has 0 aliphatic rings. The Labute approximate surface area is 125 Å². The van der Waals surface area contributed by atoms with E-state index in [0.29, 0.717) is 18.7 Å². The van der Waals surface area contributed by atoms with Gasteiger partial charge in [-0.25, -0.2) is 14.6 Å². The minimum atomic E-state index is -1.12. The van der Waals surface area contributed by atoms with Gasteiger partial charge in [0.05, 0.1) is 6.33 Å². The molecule has 3 atom stereocenters. The summed E-state index contributed by atoms with van der Waals surface area (Å²) >= 11 is 0. The van der Waals surface area contributed by atoms with Crippen LogP contribution in [0.25, 0.3) is 0 Å². The summed E-state index contributed by atoms with van der Waals surface area (Å²) in [6.07, 6.45) is 5.25. The van der Waals surface area contributed by atoms with E-state index in [1.807, 2.05) is 6.92 Å². The van der Waals surface area contributed by atoms with Crippen LogP contribution in [0.4, 0.5) is 4.79 Å². The standard InChI is InChI=1S/C12H20N4O4S/c1-8(21(2)20)3-4-14-12(19)16-10(11(17)18)5-9-6-13-7-15-9/h6-8,10H,3-5H2,1-2H3,(H,13,15)(H,17,18)(H2,14,16,19). The number of hydrogen-bond acceptors (Lipinski definition) is 4. The second-order valence-electron chi connectivity index (χ2n) is 4.67. The number of nitrogens with zero attached hydrogens (tertiary/aromatic N) is 1. The van der Waals surface area contributed by atoms with Gasteiger partial charge in [-0.05, 0) is 6.42 Å². The molecule has 3 unspecified atom stereocenters. The van der Waals surface area contributed by atoms with Crippen LogP contribution in [0.1, 0.15) is 19.0 Å². The fourth-order valence-electron chi connectivity index (χ4n) is 1.58. The Morgan fingerprint density at radius 3 is 2.76 bits per heavy atom. The Balaban J connectivity index is 2.39. The first-order valence-electron chi connectivity index (χ1n) is 6.46. The number of carbonyl (C=O) groups is 2. The first-order valence-corrected chi connectivity index (χ1v) is 8.09. The number of carbonyl (C=O) groups excluding carboxylic acids is 1. The lowest BCUT2D eigenvalue weighted by molar-refractivity contribution is -0.139. The zero-order chi connectivity index (χ0) is 15.8. The number of imidazole rings is 1. The topological polar surface area (TPSA) is 124 Å². The number of rotatable bonds is 8. The molecule has 0 bridgehead atoms. The van der Waals surface area contributed by atoms with Crippen LogP contribution in [0.3, 0.4) is 0 Å². The zero-order valence-corrected chi connectivity index (χ0v) is 12.8. The lowest BCUT2D eigenvalue weighted by atomic mass is 10.2. The molecular weight excluding hydrogens is 296 g/mol. The molecule has 1 rings (SSSR count). The van der Waals surface area contributed by atoms with Crippen LogP contribution < -0.4 is 10.6 Å². The number of aliphatic carboxylic acids is 1. The molecule has 0 aromatic carbocycles. The van der Waals surface area contributed by atoms with Crippen molar-refractivity contribution in [1.29, 1.82) is 0 Å². The number of H-pyrrole nitrogens is 1. The van der Waals surface area contributed by atoms with Gasteiger partial charge >= 0.3 is 12.0 Å². The van der Waals surface area contributed by atoms with Gasteiger partial charge in [-0.2, -0.15) is 0 Å². The largest absolute Gasteiger partial charge is 0.480 e. The molecule has 0 aliphatic carbocycles. The molecule has 1 aromatic rings. The van der Waals surface area contributed by atoms with Crippen molar-refractivity contribution in [1.82, 2.24) is 20.6 Å². The zero-order valence-electron chi connectivity index (χ0n) is 12.0. The van der Waals surface area contributed by atoms with Gasteiger partial charge in [0, 0.05) is 47.2 Å². The highest BCUT2D eigenvalue weighted by Crippen LogP contribution is 1.99. The van der Waals surface area contributed by atoms with Crippen LogP contribution in [0.2, 0.25) is 0 Å². The fourth-order valence-corrected chi connectivity index (χ4v) is 2.03. The second-order valence-corrected chi connectivity index (χ2v) is 6.47. The van der Waals surface area contributed by atoms with Gasteiger partial charge in [-0.1, -0.05) is 6.92 Å². The van der Waals surface area contributed by atoms with Gasteiger partial charge in [-0.15, -0.1) is 0 Å². The van der Waals surface area contributed by atoms with E-state index < -0.39 is 28.8 Å². The highest BCUT2D eigenvalue weighted by Gasteiger charge is 2.20. The third-order valence-corrected chi connectivity index (χ3v) is 4.35. The minimum absolute atomic E-state index is 0.0226. The van der Waals surface area contributed by atoms with Gasteiger partial charge in [0.2, 0.25) is 0 Å². The monoisotopic (exact) mass is 316 g/mol. The molecule has 118 valence electrons. The van der Waals surface area contributed by atoms with E-state index in [-0.39, 0.29) is 11.7 Å². The van der Waals surface area contributed by atoms with Gasteiger partial charge < -0.3 is 20.7 Å². The molecule has 4 N–H and O–H groups in total. The second kappa shape index (κ2) is 8.40. The van der Waals surface area contributed by atoms with Gasteiger partial charge in [0.15, 0.2) is 0 Å². The molecule has 9 heteroatoms. The Morgan fingerprint density at radius 2 is 2.24 bits per heavy atom. The molecule has 8 nitrogen and oxygen atoms in total. The maximum absolute atomic E-state index is 11.7. The molecule has 0 saturated heterocycles. The molecule has 0 aliphatic heterocycles. The van der Waals surface area contributed by atoms with Crippen LogP contribution in [0, 0.1) is 0 Å². The van der Waals surface area contributed by atoms with Crippen LogP contribution >= 0.6 is 0 Å². The first-order chi connectivity index (χ1) is 9.90. The first kappa shape index (κ1) is 17.2. The lowest BCUT2D eigenvalue weighted by Gasteiger charge is -2.15. The van der Waals surface area contributed by atoms with Crippen molar-refractivity contribution in [3.63, 3.8) is 0 Å². The normalized spacial score (nSPS) is 15.0. The number of hydrogen-bond donors (Lipinski definition) is 4. The number of carboxylic acid groups (broad SMARTS) is 1. The average Bonchev–Trinajstić information content (AvgIpc) is 2.90. The van der Waals surface area contributed by atoms with E-state index in [4.69, 9.17) is 5.11 Å². The van der Waals surface area contributed by atoms with Gasteiger partial charge in [0.25, 0.3) is 0 Å². The van der Waals surface area contributed by atoms with Crippen molar-refractivity contribution < 1.29 is 18.9 Å². The molecule has 1 heterocycles. The summed E-state index contributed by atoms with van der Waals surface area (Å²) in [7, 11) is -0.942. The van der Waals surface area contributed by atoms with Crippen molar-refractivity contribution in [3.8, 4) is 0 Å². The molecule has 21 heavy (non-hydrogen) atoms. The number of aromatic nitrogens is 2. The summed E-state index contributed by atoms with van der Waals surface area (Å²) in [6, 6.07) is -1.60. The van der Waals surface area contributed by atoms with E-state index in [1.165, 1.54) is 12.5 Å². The Morgan fingerprint density at radius 1 is 1.52 bits per heavy atom. The van der Waals surface area contributed by atoms with Crippen LogP contribution in [-0.4, -0.2) is 55.4 Å². The molecule has 0 saturated carbocycles.